The maximum atomic E-state index is 12.6. The number of para-hydroxylation sites is 1. The van der Waals surface area contributed by atoms with Gasteiger partial charge in [0.2, 0.25) is 5.91 Å². The monoisotopic (exact) mass is 391 g/mol. The Labute approximate surface area is 167 Å². The molecule has 6 heteroatoms. The molecule has 1 aromatic carbocycles. The Morgan fingerprint density at radius 3 is 2.89 bits per heavy atom. The number of aryl methyl sites for hydroxylation is 3. The van der Waals surface area contributed by atoms with Crippen molar-refractivity contribution in [3.05, 3.63) is 62.3 Å². The van der Waals surface area contributed by atoms with Crippen LogP contribution in [0.5, 0.6) is 0 Å². The quantitative estimate of drug-likeness (QED) is 0.726. The summed E-state index contributed by atoms with van der Waals surface area (Å²) in [5.74, 6) is -0.174. The summed E-state index contributed by atoms with van der Waals surface area (Å²) >= 11 is 1.52. The molecular weight excluding hydrogens is 370 g/mol. The lowest BCUT2D eigenvalue weighted by molar-refractivity contribution is -0.116. The third-order valence-electron chi connectivity index (χ3n) is 5.32. The first-order valence-electron chi connectivity index (χ1n) is 9.52. The molecule has 5 nitrogen and oxygen atoms in total. The predicted molar refractivity (Wildman–Crippen MR) is 112 cm³/mol. The topological polar surface area (TPSA) is 74.9 Å². The second-order valence-electron chi connectivity index (χ2n) is 7.16. The molecule has 3 aromatic rings. The molecule has 142 valence electrons. The van der Waals surface area contributed by atoms with E-state index in [1.807, 2.05) is 31.2 Å². The molecule has 1 amide bonds. The number of carbonyl (C=O) groups is 1. The van der Waals surface area contributed by atoms with Gasteiger partial charge in [-0.3, -0.25) is 9.59 Å². The van der Waals surface area contributed by atoms with Crippen molar-refractivity contribution >= 4 is 33.1 Å². The van der Waals surface area contributed by atoms with Crippen LogP contribution in [-0.2, 0) is 24.2 Å². The molecule has 1 aliphatic carbocycles. The first kappa shape index (κ1) is 18.5. The van der Waals surface area contributed by atoms with Gasteiger partial charge in [0, 0.05) is 29.3 Å². The van der Waals surface area contributed by atoms with Gasteiger partial charge in [-0.15, -0.1) is 11.3 Å². The fourth-order valence-electron chi connectivity index (χ4n) is 3.91. The second-order valence-corrected chi connectivity index (χ2v) is 8.26. The van der Waals surface area contributed by atoms with E-state index in [1.165, 1.54) is 16.2 Å². The summed E-state index contributed by atoms with van der Waals surface area (Å²) in [6.07, 6.45) is 4.30. The fraction of sp³-hybridized carbons (Fsp3) is 0.318. The average molecular weight is 391 g/mol. The molecule has 0 saturated carbocycles. The van der Waals surface area contributed by atoms with Crippen LogP contribution in [0.15, 0.2) is 35.1 Å². The van der Waals surface area contributed by atoms with Crippen molar-refractivity contribution in [3.8, 4) is 6.07 Å². The van der Waals surface area contributed by atoms with E-state index in [4.69, 9.17) is 0 Å². The Kier molecular flexibility index (Phi) is 5.01. The van der Waals surface area contributed by atoms with E-state index >= 15 is 0 Å². The molecule has 2 heterocycles. The van der Waals surface area contributed by atoms with Crippen LogP contribution in [0.2, 0.25) is 0 Å². The Bertz CT molecular complexity index is 1170. The summed E-state index contributed by atoms with van der Waals surface area (Å²) in [6.45, 7) is 2.22. The number of rotatable bonds is 4. The Morgan fingerprint density at radius 2 is 2.07 bits per heavy atom. The first-order valence-corrected chi connectivity index (χ1v) is 10.3. The van der Waals surface area contributed by atoms with Crippen molar-refractivity contribution in [2.75, 3.05) is 5.32 Å². The number of carbonyl (C=O) groups excluding carboxylic acids is 1. The molecule has 0 unspecified atom stereocenters. The molecule has 1 N–H and O–H groups in total. The van der Waals surface area contributed by atoms with Gasteiger partial charge in [-0.2, -0.15) is 5.26 Å². The Morgan fingerprint density at radius 1 is 1.29 bits per heavy atom. The smallest absolute Gasteiger partial charge is 0.251 e. The summed E-state index contributed by atoms with van der Waals surface area (Å²) in [7, 11) is 0. The van der Waals surface area contributed by atoms with Crippen molar-refractivity contribution in [3.63, 3.8) is 0 Å². The maximum absolute atomic E-state index is 12.6. The number of fused-ring (bicyclic) bond motifs is 2. The molecule has 0 aliphatic heterocycles. The van der Waals surface area contributed by atoms with E-state index in [9.17, 15) is 14.9 Å². The lowest BCUT2D eigenvalue weighted by Gasteiger charge is -2.12. The molecule has 0 saturated heterocycles. The number of anilines is 1. The molecular formula is C22H21N3O2S. The number of hydrogen-bond acceptors (Lipinski definition) is 4. The van der Waals surface area contributed by atoms with E-state index in [-0.39, 0.29) is 17.9 Å². The van der Waals surface area contributed by atoms with Gasteiger partial charge in [0.1, 0.15) is 11.1 Å². The zero-order valence-electron chi connectivity index (χ0n) is 15.7. The zero-order chi connectivity index (χ0) is 19.7. The van der Waals surface area contributed by atoms with Crippen LogP contribution in [0.25, 0.3) is 10.9 Å². The molecule has 0 fully saturated rings. The van der Waals surface area contributed by atoms with Crippen LogP contribution >= 0.6 is 11.3 Å². The highest BCUT2D eigenvalue weighted by atomic mass is 32.1. The Hall–Kier alpha value is -2.91. The molecule has 0 radical (unpaired) electrons. The van der Waals surface area contributed by atoms with Crippen molar-refractivity contribution in [2.45, 2.75) is 45.6 Å². The highest BCUT2D eigenvalue weighted by Gasteiger charge is 2.21. The highest BCUT2D eigenvalue weighted by Crippen LogP contribution is 2.37. The van der Waals surface area contributed by atoms with E-state index in [1.54, 1.807) is 10.6 Å². The van der Waals surface area contributed by atoms with E-state index in [0.717, 1.165) is 47.7 Å². The number of nitrogens with one attached hydrogen (secondary N) is 1. The summed E-state index contributed by atoms with van der Waals surface area (Å²) in [4.78, 5) is 26.2. The highest BCUT2D eigenvalue weighted by molar-refractivity contribution is 7.16. The number of hydrogen-bond donors (Lipinski definition) is 1. The predicted octanol–water partition coefficient (Wildman–Crippen LogP) is 4.15. The van der Waals surface area contributed by atoms with Crippen molar-refractivity contribution < 1.29 is 4.79 Å². The normalized spacial score (nSPS) is 13.1. The third-order valence-corrected chi connectivity index (χ3v) is 6.53. The average Bonchev–Trinajstić information content (AvgIpc) is 3.04. The summed E-state index contributed by atoms with van der Waals surface area (Å²) in [5.41, 5.74) is 3.39. The van der Waals surface area contributed by atoms with Gasteiger partial charge < -0.3 is 9.88 Å². The number of nitrogens with zero attached hydrogens (tertiary/aromatic N) is 2. The van der Waals surface area contributed by atoms with Gasteiger partial charge in [0.15, 0.2) is 0 Å². The fourth-order valence-corrected chi connectivity index (χ4v) is 5.16. The molecule has 1 aliphatic rings. The van der Waals surface area contributed by atoms with Crippen LogP contribution in [-0.4, -0.2) is 10.5 Å². The number of pyridine rings is 1. The third kappa shape index (κ3) is 3.34. The molecule has 4 rings (SSSR count). The molecule has 0 bridgehead atoms. The van der Waals surface area contributed by atoms with Crippen molar-refractivity contribution in [2.24, 2.45) is 0 Å². The van der Waals surface area contributed by atoms with Gasteiger partial charge in [0.05, 0.1) is 11.1 Å². The minimum absolute atomic E-state index is 0.103. The molecule has 0 spiro atoms. The van der Waals surface area contributed by atoms with Gasteiger partial charge >= 0.3 is 0 Å². The zero-order valence-corrected chi connectivity index (χ0v) is 16.6. The van der Waals surface area contributed by atoms with Gasteiger partial charge in [-0.1, -0.05) is 18.2 Å². The lowest BCUT2D eigenvalue weighted by Crippen LogP contribution is -2.23. The number of amides is 1. The Balaban J connectivity index is 1.54. The largest absolute Gasteiger partial charge is 0.317 e. The van der Waals surface area contributed by atoms with Crippen molar-refractivity contribution in [1.29, 1.82) is 5.26 Å². The second kappa shape index (κ2) is 7.61. The van der Waals surface area contributed by atoms with Crippen LogP contribution in [0.4, 0.5) is 5.00 Å². The van der Waals surface area contributed by atoms with Crippen LogP contribution < -0.4 is 10.9 Å². The minimum atomic E-state index is -0.174. The SMILES string of the molecule is Cc1cc(=O)n(CCC(=O)Nc2sc3c(c2C#N)CCCC3)c2ccccc12. The lowest BCUT2D eigenvalue weighted by atomic mass is 9.96. The van der Waals surface area contributed by atoms with E-state index in [0.29, 0.717) is 17.1 Å². The van der Waals surface area contributed by atoms with E-state index < -0.39 is 0 Å². The standard InChI is InChI=1S/C22H21N3O2S/c1-14-12-21(27)25(18-8-4-2-6-15(14)18)11-10-20(26)24-22-17(13-23)16-7-3-5-9-19(16)28-22/h2,4,6,8,12H,3,5,7,9-11H2,1H3,(H,24,26). The molecule has 0 atom stereocenters. The van der Waals surface area contributed by atoms with Gasteiger partial charge in [-0.25, -0.2) is 0 Å². The number of nitriles is 1. The first-order chi connectivity index (χ1) is 13.6. The van der Waals surface area contributed by atoms with Crippen LogP contribution in [0, 0.1) is 18.3 Å². The summed E-state index contributed by atoms with van der Waals surface area (Å²) in [6, 6.07) is 11.6. The molecule has 28 heavy (non-hydrogen) atoms. The number of benzene rings is 1. The van der Waals surface area contributed by atoms with Crippen LogP contribution in [0.1, 0.15) is 40.8 Å². The minimum Gasteiger partial charge on any atom is -0.317 e. The van der Waals surface area contributed by atoms with E-state index in [2.05, 4.69) is 11.4 Å². The summed E-state index contributed by atoms with van der Waals surface area (Å²) in [5, 5.41) is 14.1. The maximum Gasteiger partial charge on any atom is 0.251 e. The number of aromatic nitrogens is 1. The van der Waals surface area contributed by atoms with Gasteiger partial charge in [-0.05, 0) is 49.8 Å². The molecule has 2 aromatic heterocycles. The van der Waals surface area contributed by atoms with Crippen LogP contribution in [0.3, 0.4) is 0 Å². The van der Waals surface area contributed by atoms with Crippen molar-refractivity contribution in [1.82, 2.24) is 4.57 Å². The number of thiophene rings is 1. The van der Waals surface area contributed by atoms with Gasteiger partial charge in [0.25, 0.3) is 5.56 Å². The summed E-state index contributed by atoms with van der Waals surface area (Å²) < 4.78 is 1.65.